The lowest BCUT2D eigenvalue weighted by molar-refractivity contribution is -0.126. The van der Waals surface area contributed by atoms with Crippen LogP contribution in [0.15, 0.2) is 30.0 Å². The van der Waals surface area contributed by atoms with E-state index in [1.165, 1.54) is 0 Å². The van der Waals surface area contributed by atoms with Gasteiger partial charge < -0.3 is 25.8 Å². The summed E-state index contributed by atoms with van der Waals surface area (Å²) in [5, 5.41) is 12.9. The summed E-state index contributed by atoms with van der Waals surface area (Å²) in [4.78, 5) is 26.2. The van der Waals surface area contributed by atoms with Gasteiger partial charge in [0.2, 0.25) is 11.9 Å². The number of rotatable bonds is 10. The van der Waals surface area contributed by atoms with E-state index in [9.17, 15) is 18.0 Å². The number of hydrogen-bond donors (Lipinski definition) is 4. The predicted molar refractivity (Wildman–Crippen MR) is 148 cm³/mol. The number of carbonyl (C=O) groups is 1. The molecule has 0 radical (unpaired) electrons. The maximum Gasteiger partial charge on any atom is 0.224 e. The first-order valence-electron chi connectivity index (χ1n) is 13.9. The van der Waals surface area contributed by atoms with Gasteiger partial charge in [-0.05, 0) is 71.5 Å². The molecule has 1 unspecified atom stereocenters. The zero-order chi connectivity index (χ0) is 27.9. The molecule has 39 heavy (non-hydrogen) atoms. The third-order valence-electron chi connectivity index (χ3n) is 7.58. The van der Waals surface area contributed by atoms with Crippen molar-refractivity contribution < 1.29 is 18.0 Å². The summed E-state index contributed by atoms with van der Waals surface area (Å²) in [7, 11) is 1.87. The molecule has 9 nitrogen and oxygen atoms in total. The highest BCUT2D eigenvalue weighted by atomic mass is 19.1. The van der Waals surface area contributed by atoms with E-state index in [0.29, 0.717) is 23.9 Å². The van der Waals surface area contributed by atoms with Gasteiger partial charge in [0.1, 0.15) is 24.0 Å². The lowest BCUT2D eigenvalue weighted by Crippen LogP contribution is -2.56. The highest BCUT2D eigenvalue weighted by Gasteiger charge is 2.41. The number of nitrogens with zero attached hydrogens (tertiary/aromatic N) is 4. The van der Waals surface area contributed by atoms with Crippen LogP contribution in [0, 0.1) is 5.92 Å². The maximum absolute atomic E-state index is 14.5. The molecule has 0 spiro atoms. The zero-order valence-electron chi connectivity index (χ0n) is 23.0. The summed E-state index contributed by atoms with van der Waals surface area (Å²) in [6.45, 7) is 4.62. The molecule has 1 aliphatic carbocycles. The second kappa shape index (κ2) is 13.5. The molecule has 12 heteroatoms. The Balaban J connectivity index is 1.47. The fourth-order valence-corrected chi connectivity index (χ4v) is 5.63. The minimum Gasteiger partial charge on any atom is -0.353 e. The Kier molecular flexibility index (Phi) is 10.1. The quantitative estimate of drug-likeness (QED) is 0.329. The molecule has 3 heterocycles. The molecule has 1 saturated heterocycles. The Hall–Kier alpha value is -2.86. The molecule has 0 aromatic carbocycles. The minimum absolute atomic E-state index is 0.0261. The summed E-state index contributed by atoms with van der Waals surface area (Å²) < 4.78 is 40.4. The smallest absolute Gasteiger partial charge is 0.224 e. The molecule has 1 amide bonds. The minimum atomic E-state index is -0.999. The summed E-state index contributed by atoms with van der Waals surface area (Å²) in [5.41, 5.74) is 0.819. The second-order valence-corrected chi connectivity index (χ2v) is 10.8. The van der Waals surface area contributed by atoms with Crippen LogP contribution in [-0.2, 0) is 4.79 Å². The van der Waals surface area contributed by atoms with Gasteiger partial charge in [-0.15, -0.1) is 0 Å². The Labute approximate surface area is 228 Å². The molecule has 4 rings (SSSR count). The molecule has 216 valence electrons. The van der Waals surface area contributed by atoms with Crippen LogP contribution in [0.1, 0.15) is 52.4 Å². The van der Waals surface area contributed by atoms with Crippen molar-refractivity contribution in [3.63, 3.8) is 0 Å². The maximum atomic E-state index is 14.5. The first-order chi connectivity index (χ1) is 18.8. The molecule has 2 aliphatic heterocycles. The van der Waals surface area contributed by atoms with Gasteiger partial charge in [0.15, 0.2) is 12.1 Å². The SMILES string of the molecule is CC(C)Nc1ncc2c(n1)N(C)C(NC/C(F)=C\C(F)=C/CF)N2C1CCC(C(=O)NC2CCNCC2)CC1. The van der Waals surface area contributed by atoms with Crippen molar-refractivity contribution in [2.24, 2.45) is 5.92 Å². The number of anilines is 3. The van der Waals surface area contributed by atoms with Crippen molar-refractivity contribution in [1.82, 2.24) is 25.9 Å². The number of aromatic nitrogens is 2. The van der Waals surface area contributed by atoms with Crippen molar-refractivity contribution in [3.8, 4) is 0 Å². The molecule has 1 aromatic heterocycles. The topological polar surface area (TPSA) is 97.5 Å². The van der Waals surface area contributed by atoms with Gasteiger partial charge in [-0.3, -0.25) is 10.1 Å². The fraction of sp³-hybridized carbons (Fsp3) is 0.667. The fourth-order valence-electron chi connectivity index (χ4n) is 5.63. The van der Waals surface area contributed by atoms with Crippen LogP contribution in [-0.4, -0.2) is 73.6 Å². The number of hydrogen-bond acceptors (Lipinski definition) is 8. The summed E-state index contributed by atoms with van der Waals surface area (Å²) in [6.07, 6.45) is 7.68. The van der Waals surface area contributed by atoms with E-state index >= 15 is 0 Å². The summed E-state index contributed by atoms with van der Waals surface area (Å²) >= 11 is 0. The number of nitrogens with one attached hydrogen (secondary N) is 4. The van der Waals surface area contributed by atoms with Gasteiger partial charge in [0.25, 0.3) is 0 Å². The lowest BCUT2D eigenvalue weighted by atomic mass is 9.84. The zero-order valence-corrected chi connectivity index (χ0v) is 23.0. The number of carbonyl (C=O) groups excluding carboxylic acids is 1. The van der Waals surface area contributed by atoms with E-state index in [1.807, 2.05) is 25.8 Å². The summed E-state index contributed by atoms with van der Waals surface area (Å²) in [5.74, 6) is -0.386. The molecule has 0 bridgehead atoms. The largest absolute Gasteiger partial charge is 0.353 e. The van der Waals surface area contributed by atoms with Crippen LogP contribution >= 0.6 is 0 Å². The lowest BCUT2D eigenvalue weighted by Gasteiger charge is -2.40. The number of allylic oxidation sites excluding steroid dienone is 3. The van der Waals surface area contributed by atoms with Gasteiger partial charge in [-0.1, -0.05) is 0 Å². The molecule has 1 aromatic rings. The highest BCUT2D eigenvalue weighted by Crippen LogP contribution is 2.41. The standard InChI is InChI=1S/C27H41F3N8O/c1-17(2)34-26-32-16-23-24(36-26)37(3)27(33-15-20(30)14-19(29)8-11-28)38(23)22-6-4-18(5-7-22)25(39)35-21-9-12-31-13-10-21/h8,14,16-18,21-22,27,31,33H,4-7,9-13,15H2,1-3H3,(H,35,39)(H,32,34,36)/b19-8+,20-14+. The average molecular weight is 551 g/mol. The van der Waals surface area contributed by atoms with Gasteiger partial charge >= 0.3 is 0 Å². The number of amides is 1. The van der Waals surface area contributed by atoms with E-state index in [1.54, 1.807) is 6.20 Å². The Bertz CT molecular complexity index is 1040. The number of piperidine rings is 1. The summed E-state index contributed by atoms with van der Waals surface area (Å²) in [6, 6.07) is 0.469. The first kappa shape index (κ1) is 29.1. The van der Waals surface area contributed by atoms with Crippen molar-refractivity contribution in [2.75, 3.05) is 48.5 Å². The highest BCUT2D eigenvalue weighted by molar-refractivity contribution is 5.79. The predicted octanol–water partition coefficient (Wildman–Crippen LogP) is 3.53. The monoisotopic (exact) mass is 550 g/mol. The van der Waals surface area contributed by atoms with Gasteiger partial charge in [0, 0.05) is 37.2 Å². The van der Waals surface area contributed by atoms with Crippen LogP contribution in [0.3, 0.4) is 0 Å². The van der Waals surface area contributed by atoms with Gasteiger partial charge in [-0.2, -0.15) is 4.98 Å². The number of halogens is 3. The molecular weight excluding hydrogens is 509 g/mol. The van der Waals surface area contributed by atoms with E-state index in [0.717, 1.165) is 57.3 Å². The molecule has 1 saturated carbocycles. The van der Waals surface area contributed by atoms with Crippen molar-refractivity contribution >= 4 is 23.4 Å². The molecule has 3 aliphatic rings. The third-order valence-corrected chi connectivity index (χ3v) is 7.58. The van der Waals surface area contributed by atoms with Crippen LogP contribution in [0.2, 0.25) is 0 Å². The van der Waals surface area contributed by atoms with E-state index in [2.05, 4.69) is 31.2 Å². The number of fused-ring (bicyclic) bond motifs is 1. The van der Waals surface area contributed by atoms with Crippen LogP contribution in [0.25, 0.3) is 0 Å². The molecule has 2 fully saturated rings. The molecule has 4 N–H and O–H groups in total. The Morgan fingerprint density at radius 1 is 1.18 bits per heavy atom. The Morgan fingerprint density at radius 3 is 2.56 bits per heavy atom. The van der Waals surface area contributed by atoms with E-state index in [4.69, 9.17) is 4.98 Å². The van der Waals surface area contributed by atoms with Gasteiger partial charge in [0.05, 0.1) is 12.7 Å². The van der Waals surface area contributed by atoms with Crippen molar-refractivity contribution in [3.05, 3.63) is 30.0 Å². The number of alkyl halides is 1. The van der Waals surface area contributed by atoms with E-state index < -0.39 is 24.6 Å². The van der Waals surface area contributed by atoms with Crippen LogP contribution < -0.4 is 31.1 Å². The van der Waals surface area contributed by atoms with Crippen molar-refractivity contribution in [1.29, 1.82) is 0 Å². The van der Waals surface area contributed by atoms with Gasteiger partial charge in [-0.25, -0.2) is 18.2 Å². The average Bonchev–Trinajstić information content (AvgIpc) is 3.18. The first-order valence-corrected chi connectivity index (χ1v) is 13.9. The van der Waals surface area contributed by atoms with Crippen molar-refractivity contribution in [2.45, 2.75) is 76.8 Å². The third kappa shape index (κ3) is 7.42. The van der Waals surface area contributed by atoms with Crippen LogP contribution in [0.5, 0.6) is 0 Å². The normalized spacial score (nSPS) is 24.7. The van der Waals surface area contributed by atoms with E-state index in [-0.39, 0.29) is 36.5 Å². The molecule has 1 atom stereocenters. The van der Waals surface area contributed by atoms with Crippen LogP contribution in [0.4, 0.5) is 30.6 Å². The Morgan fingerprint density at radius 2 is 1.90 bits per heavy atom. The second-order valence-electron chi connectivity index (χ2n) is 10.8. The molecular formula is C27H41F3N8O.